The first kappa shape index (κ1) is 21.2. The van der Waals surface area contributed by atoms with Crippen LogP contribution in [0.15, 0.2) is 30.3 Å². The van der Waals surface area contributed by atoms with E-state index in [2.05, 4.69) is 5.32 Å². The molecule has 3 atom stereocenters. The smallest absolute Gasteiger partial charge is 0.408 e. The van der Waals surface area contributed by atoms with Crippen molar-refractivity contribution in [1.82, 2.24) is 5.32 Å². The molecule has 0 aliphatic heterocycles. The Hall–Kier alpha value is -2.08. The van der Waals surface area contributed by atoms with E-state index in [1.807, 2.05) is 37.3 Å². The second kappa shape index (κ2) is 9.22. The summed E-state index contributed by atoms with van der Waals surface area (Å²) in [5.74, 6) is 0.0798. The van der Waals surface area contributed by atoms with E-state index in [9.17, 15) is 9.59 Å². The molecule has 6 heteroatoms. The van der Waals surface area contributed by atoms with Crippen LogP contribution >= 0.6 is 0 Å². The highest BCUT2D eigenvalue weighted by atomic mass is 16.6. The van der Waals surface area contributed by atoms with Gasteiger partial charge in [-0.1, -0.05) is 30.3 Å². The SMILES string of the molecule is C[C@H](NC(=O)OC(C)(C)C)C(=O)O[C@@H](C)[C@@H](OCC1CC1)c1ccccc1. The van der Waals surface area contributed by atoms with Gasteiger partial charge in [0.25, 0.3) is 0 Å². The third kappa shape index (κ3) is 7.59. The van der Waals surface area contributed by atoms with Crippen molar-refractivity contribution in [3.63, 3.8) is 0 Å². The normalized spacial score (nSPS) is 17.5. The Bertz CT molecular complexity index is 621. The summed E-state index contributed by atoms with van der Waals surface area (Å²) in [4.78, 5) is 24.2. The van der Waals surface area contributed by atoms with Gasteiger partial charge < -0.3 is 19.5 Å². The monoisotopic (exact) mass is 377 g/mol. The van der Waals surface area contributed by atoms with Gasteiger partial charge in [0.15, 0.2) is 0 Å². The summed E-state index contributed by atoms with van der Waals surface area (Å²) in [5, 5.41) is 2.50. The second-order valence-electron chi connectivity index (χ2n) is 8.12. The van der Waals surface area contributed by atoms with Gasteiger partial charge in [-0.3, -0.25) is 0 Å². The first-order valence-electron chi connectivity index (χ1n) is 9.52. The van der Waals surface area contributed by atoms with Crippen molar-refractivity contribution in [2.75, 3.05) is 6.61 Å². The minimum absolute atomic E-state index is 0.343. The molecule has 1 aromatic rings. The Labute approximate surface area is 161 Å². The van der Waals surface area contributed by atoms with E-state index in [0.29, 0.717) is 12.5 Å². The molecule has 0 bridgehead atoms. The number of hydrogen-bond donors (Lipinski definition) is 1. The first-order valence-corrected chi connectivity index (χ1v) is 9.52. The maximum absolute atomic E-state index is 12.4. The maximum atomic E-state index is 12.4. The summed E-state index contributed by atoms with van der Waals surface area (Å²) >= 11 is 0. The van der Waals surface area contributed by atoms with E-state index < -0.39 is 29.8 Å². The number of benzene rings is 1. The third-order valence-electron chi connectivity index (χ3n) is 4.15. The van der Waals surface area contributed by atoms with Crippen molar-refractivity contribution >= 4 is 12.1 Å². The van der Waals surface area contributed by atoms with Gasteiger partial charge in [0, 0.05) is 0 Å². The van der Waals surface area contributed by atoms with Gasteiger partial charge in [0.05, 0.1) is 6.61 Å². The highest BCUT2D eigenvalue weighted by Gasteiger charge is 2.30. The number of carbonyl (C=O) groups excluding carboxylic acids is 2. The molecule has 27 heavy (non-hydrogen) atoms. The summed E-state index contributed by atoms with van der Waals surface area (Å²) in [6.07, 6.45) is 0.897. The van der Waals surface area contributed by atoms with E-state index in [1.54, 1.807) is 27.7 Å². The topological polar surface area (TPSA) is 73.9 Å². The van der Waals surface area contributed by atoms with Gasteiger partial charge in [-0.15, -0.1) is 0 Å². The number of nitrogens with one attached hydrogen (secondary N) is 1. The second-order valence-corrected chi connectivity index (χ2v) is 8.12. The van der Waals surface area contributed by atoms with E-state index >= 15 is 0 Å². The quantitative estimate of drug-likeness (QED) is 0.693. The average molecular weight is 377 g/mol. The fraction of sp³-hybridized carbons (Fsp3) is 0.619. The fourth-order valence-electron chi connectivity index (χ4n) is 2.56. The molecule has 1 fully saturated rings. The van der Waals surface area contributed by atoms with E-state index in [4.69, 9.17) is 14.2 Å². The number of rotatable bonds is 8. The minimum Gasteiger partial charge on any atom is -0.458 e. The van der Waals surface area contributed by atoms with Crippen LogP contribution in [0.5, 0.6) is 0 Å². The van der Waals surface area contributed by atoms with Crippen molar-refractivity contribution in [2.45, 2.75) is 71.3 Å². The molecule has 2 rings (SSSR count). The zero-order chi connectivity index (χ0) is 20.0. The summed E-state index contributed by atoms with van der Waals surface area (Å²) in [7, 11) is 0. The standard InChI is InChI=1S/C21H31NO5/c1-14(22-20(24)27-21(3,4)5)19(23)26-15(2)18(25-13-16-11-12-16)17-9-7-6-8-10-17/h6-10,14-16,18H,11-13H2,1-5H3,(H,22,24)/t14-,15-,18+/m0/s1. The maximum Gasteiger partial charge on any atom is 0.408 e. The highest BCUT2D eigenvalue weighted by molar-refractivity contribution is 5.81. The largest absolute Gasteiger partial charge is 0.458 e. The van der Waals surface area contributed by atoms with Crippen molar-refractivity contribution in [1.29, 1.82) is 0 Å². The lowest BCUT2D eigenvalue weighted by atomic mass is 10.1. The fourth-order valence-corrected chi connectivity index (χ4v) is 2.56. The van der Waals surface area contributed by atoms with Crippen molar-refractivity contribution < 1.29 is 23.8 Å². The summed E-state index contributed by atoms with van der Waals surface area (Å²) in [6.45, 7) is 9.33. The lowest BCUT2D eigenvalue weighted by Gasteiger charge is -2.26. The molecular weight excluding hydrogens is 346 g/mol. The van der Waals surface area contributed by atoms with Crippen molar-refractivity contribution in [3.05, 3.63) is 35.9 Å². The molecule has 1 amide bonds. The summed E-state index contributed by atoms with van der Waals surface area (Å²) in [6, 6.07) is 8.91. The van der Waals surface area contributed by atoms with Gasteiger partial charge in [-0.25, -0.2) is 9.59 Å². The van der Waals surface area contributed by atoms with Crippen molar-refractivity contribution in [3.8, 4) is 0 Å². The van der Waals surface area contributed by atoms with Crippen LogP contribution in [0.2, 0.25) is 0 Å². The summed E-state index contributed by atoms with van der Waals surface area (Å²) in [5.41, 5.74) is 0.335. The molecule has 0 unspecified atom stereocenters. The van der Waals surface area contributed by atoms with E-state index in [-0.39, 0.29) is 6.10 Å². The zero-order valence-corrected chi connectivity index (χ0v) is 16.9. The number of ether oxygens (including phenoxy) is 3. The molecule has 6 nitrogen and oxygen atoms in total. The molecule has 1 aliphatic rings. The number of amides is 1. The Morgan fingerprint density at radius 3 is 2.33 bits per heavy atom. The third-order valence-corrected chi connectivity index (χ3v) is 4.15. The molecule has 150 valence electrons. The molecule has 0 radical (unpaired) electrons. The van der Waals surface area contributed by atoms with E-state index in [0.717, 1.165) is 5.56 Å². The highest BCUT2D eigenvalue weighted by Crippen LogP contribution is 2.32. The molecule has 0 spiro atoms. The number of hydrogen-bond acceptors (Lipinski definition) is 5. The molecule has 1 aliphatic carbocycles. The lowest BCUT2D eigenvalue weighted by molar-refractivity contribution is -0.158. The van der Waals surface area contributed by atoms with Crippen LogP contribution in [0.3, 0.4) is 0 Å². The van der Waals surface area contributed by atoms with Crippen LogP contribution in [0.1, 0.15) is 59.1 Å². The van der Waals surface area contributed by atoms with Crippen LogP contribution in [0, 0.1) is 5.92 Å². The zero-order valence-electron chi connectivity index (χ0n) is 16.9. The van der Waals surface area contributed by atoms with Gasteiger partial charge >= 0.3 is 12.1 Å². The lowest BCUT2D eigenvalue weighted by Crippen LogP contribution is -2.43. The molecule has 0 aromatic heterocycles. The van der Waals surface area contributed by atoms with Crippen LogP contribution in [0.25, 0.3) is 0 Å². The van der Waals surface area contributed by atoms with E-state index in [1.165, 1.54) is 12.8 Å². The van der Waals surface area contributed by atoms with Gasteiger partial charge in [0.1, 0.15) is 23.9 Å². The number of esters is 1. The molecule has 0 heterocycles. The van der Waals surface area contributed by atoms with Gasteiger partial charge in [-0.05, 0) is 58.9 Å². The number of carbonyl (C=O) groups is 2. The predicted molar refractivity (Wildman–Crippen MR) is 102 cm³/mol. The van der Waals surface area contributed by atoms with Crippen LogP contribution in [-0.2, 0) is 19.0 Å². The first-order chi connectivity index (χ1) is 12.7. The van der Waals surface area contributed by atoms with Gasteiger partial charge in [0.2, 0.25) is 0 Å². The summed E-state index contributed by atoms with van der Waals surface area (Å²) < 4.78 is 16.8. The molecule has 1 saturated carbocycles. The molecule has 0 saturated heterocycles. The average Bonchev–Trinajstić information content (AvgIpc) is 3.38. The van der Waals surface area contributed by atoms with Crippen LogP contribution < -0.4 is 5.32 Å². The minimum atomic E-state index is -0.817. The van der Waals surface area contributed by atoms with Crippen molar-refractivity contribution in [2.24, 2.45) is 5.92 Å². The Balaban J connectivity index is 1.93. The Kier molecular flexibility index (Phi) is 7.25. The van der Waals surface area contributed by atoms with Gasteiger partial charge in [-0.2, -0.15) is 0 Å². The molecule has 1 aromatic carbocycles. The molecular formula is C21H31NO5. The predicted octanol–water partition coefficient (Wildman–Crippen LogP) is 4.00. The number of alkyl carbamates (subject to hydrolysis) is 1. The van der Waals surface area contributed by atoms with Crippen LogP contribution in [0.4, 0.5) is 4.79 Å². The molecule has 1 N–H and O–H groups in total. The Morgan fingerprint density at radius 1 is 1.15 bits per heavy atom. The Morgan fingerprint density at radius 2 is 1.78 bits per heavy atom. The van der Waals surface area contributed by atoms with Crippen LogP contribution in [-0.4, -0.2) is 36.4 Å².